The molecule has 0 spiro atoms. The molecule has 0 amide bonds. The number of nitrogens with one attached hydrogen (secondary N) is 1. The van der Waals surface area contributed by atoms with Crippen molar-refractivity contribution in [2.45, 2.75) is 64.3 Å². The van der Waals surface area contributed by atoms with Crippen molar-refractivity contribution in [1.29, 1.82) is 0 Å². The summed E-state index contributed by atoms with van der Waals surface area (Å²) in [6.07, 6.45) is 5.13. The molecular weight excluding hydrogens is 262 g/mol. The van der Waals surface area contributed by atoms with Crippen LogP contribution in [-0.4, -0.2) is 18.3 Å². The Morgan fingerprint density at radius 2 is 1.80 bits per heavy atom. The zero-order chi connectivity index (χ0) is 14.8. The first kappa shape index (κ1) is 17.6. The van der Waals surface area contributed by atoms with Crippen LogP contribution >= 0.6 is 11.8 Å². The van der Waals surface area contributed by atoms with Crippen LogP contribution in [0.2, 0.25) is 0 Å². The second kappa shape index (κ2) is 9.46. The van der Waals surface area contributed by atoms with E-state index >= 15 is 0 Å². The first-order chi connectivity index (χ1) is 9.54. The third-order valence-electron chi connectivity index (χ3n) is 3.59. The van der Waals surface area contributed by atoms with Crippen molar-refractivity contribution in [3.05, 3.63) is 30.3 Å². The molecule has 1 aromatic rings. The van der Waals surface area contributed by atoms with Crippen molar-refractivity contribution in [3.63, 3.8) is 0 Å². The van der Waals surface area contributed by atoms with Gasteiger partial charge in [-0.15, -0.1) is 11.8 Å². The topological polar surface area (TPSA) is 12.0 Å². The normalized spacial score (nSPS) is 13.4. The summed E-state index contributed by atoms with van der Waals surface area (Å²) >= 11 is 1.98. The van der Waals surface area contributed by atoms with Crippen LogP contribution in [-0.2, 0) is 0 Å². The molecule has 1 unspecified atom stereocenters. The number of benzene rings is 1. The molecular formula is C18H31NS. The second-order valence-electron chi connectivity index (χ2n) is 6.53. The van der Waals surface area contributed by atoms with Gasteiger partial charge in [-0.25, -0.2) is 0 Å². The van der Waals surface area contributed by atoms with Crippen LogP contribution in [0.5, 0.6) is 0 Å². The summed E-state index contributed by atoms with van der Waals surface area (Å²) in [6, 6.07) is 11.4. The van der Waals surface area contributed by atoms with Gasteiger partial charge in [0.15, 0.2) is 0 Å². The van der Waals surface area contributed by atoms with Crippen LogP contribution in [0.15, 0.2) is 35.2 Å². The van der Waals surface area contributed by atoms with Crippen molar-refractivity contribution >= 4 is 11.8 Å². The minimum absolute atomic E-state index is 0.363. The van der Waals surface area contributed by atoms with Crippen LogP contribution in [0.1, 0.15) is 53.4 Å². The predicted octanol–water partition coefficient (Wildman–Crippen LogP) is 5.36. The Balaban J connectivity index is 2.20. The SMILES string of the molecule is CCCNC(CCCCSc1ccccc1)C(C)(C)C. The number of hydrogen-bond donors (Lipinski definition) is 1. The highest BCUT2D eigenvalue weighted by atomic mass is 32.2. The molecule has 1 N–H and O–H groups in total. The van der Waals surface area contributed by atoms with E-state index in [2.05, 4.69) is 63.3 Å². The van der Waals surface area contributed by atoms with E-state index in [1.54, 1.807) is 0 Å². The third-order valence-corrected chi connectivity index (χ3v) is 4.68. The number of hydrogen-bond acceptors (Lipinski definition) is 2. The molecule has 0 radical (unpaired) electrons. The Kier molecular flexibility index (Phi) is 8.32. The molecule has 0 heterocycles. The van der Waals surface area contributed by atoms with Gasteiger partial charge in [0.2, 0.25) is 0 Å². The lowest BCUT2D eigenvalue weighted by atomic mass is 9.83. The molecule has 0 saturated carbocycles. The Morgan fingerprint density at radius 1 is 1.10 bits per heavy atom. The van der Waals surface area contributed by atoms with E-state index in [1.807, 2.05) is 11.8 Å². The van der Waals surface area contributed by atoms with Gasteiger partial charge in [0.05, 0.1) is 0 Å². The van der Waals surface area contributed by atoms with E-state index in [4.69, 9.17) is 0 Å². The molecule has 0 aliphatic rings. The molecule has 0 aliphatic heterocycles. The largest absolute Gasteiger partial charge is 0.313 e. The standard InChI is InChI=1S/C18H31NS/c1-5-14-19-17(18(2,3)4)13-9-10-15-20-16-11-7-6-8-12-16/h6-8,11-12,17,19H,5,9-10,13-15H2,1-4H3. The van der Waals surface area contributed by atoms with E-state index < -0.39 is 0 Å². The number of unbranched alkanes of at least 4 members (excludes halogenated alkanes) is 1. The maximum absolute atomic E-state index is 3.71. The minimum atomic E-state index is 0.363. The number of rotatable bonds is 9. The molecule has 1 aromatic carbocycles. The van der Waals surface area contributed by atoms with Crippen LogP contribution < -0.4 is 5.32 Å². The molecule has 0 aromatic heterocycles. The summed E-state index contributed by atoms with van der Waals surface area (Å²) < 4.78 is 0. The zero-order valence-electron chi connectivity index (χ0n) is 13.6. The minimum Gasteiger partial charge on any atom is -0.313 e. The maximum Gasteiger partial charge on any atom is 0.0116 e. The van der Waals surface area contributed by atoms with Gasteiger partial charge < -0.3 is 5.32 Å². The van der Waals surface area contributed by atoms with Crippen molar-refractivity contribution in [2.75, 3.05) is 12.3 Å². The molecule has 1 nitrogen and oxygen atoms in total. The average Bonchev–Trinajstić information content (AvgIpc) is 2.41. The van der Waals surface area contributed by atoms with Gasteiger partial charge in [-0.05, 0) is 49.1 Å². The predicted molar refractivity (Wildman–Crippen MR) is 92.6 cm³/mol. The summed E-state index contributed by atoms with van der Waals surface area (Å²) in [5.74, 6) is 1.23. The molecule has 2 heteroatoms. The van der Waals surface area contributed by atoms with Crippen molar-refractivity contribution in [1.82, 2.24) is 5.32 Å². The monoisotopic (exact) mass is 293 g/mol. The van der Waals surface area contributed by atoms with Gasteiger partial charge >= 0.3 is 0 Å². The molecule has 1 atom stereocenters. The lowest BCUT2D eigenvalue weighted by Gasteiger charge is -2.32. The van der Waals surface area contributed by atoms with Gasteiger partial charge in [-0.1, -0.05) is 52.3 Å². The molecule has 20 heavy (non-hydrogen) atoms. The van der Waals surface area contributed by atoms with Crippen LogP contribution in [0.3, 0.4) is 0 Å². The highest BCUT2D eigenvalue weighted by Gasteiger charge is 2.22. The molecule has 0 aliphatic carbocycles. The summed E-state index contributed by atoms with van der Waals surface area (Å²) in [7, 11) is 0. The fourth-order valence-electron chi connectivity index (χ4n) is 2.32. The van der Waals surface area contributed by atoms with Gasteiger partial charge in [0.25, 0.3) is 0 Å². The maximum atomic E-state index is 3.71. The van der Waals surface area contributed by atoms with Crippen molar-refractivity contribution in [3.8, 4) is 0 Å². The molecule has 0 saturated heterocycles. The van der Waals surface area contributed by atoms with Gasteiger partial charge in [-0.3, -0.25) is 0 Å². The van der Waals surface area contributed by atoms with E-state index in [9.17, 15) is 0 Å². The first-order valence-corrected chi connectivity index (χ1v) is 8.94. The molecule has 0 fully saturated rings. The highest BCUT2D eigenvalue weighted by Crippen LogP contribution is 2.25. The summed E-state index contributed by atoms with van der Waals surface area (Å²) in [5.41, 5.74) is 0.363. The lowest BCUT2D eigenvalue weighted by molar-refractivity contribution is 0.251. The van der Waals surface area contributed by atoms with Crippen LogP contribution in [0.25, 0.3) is 0 Å². The van der Waals surface area contributed by atoms with Gasteiger partial charge in [0.1, 0.15) is 0 Å². The Morgan fingerprint density at radius 3 is 2.40 bits per heavy atom. The smallest absolute Gasteiger partial charge is 0.0116 e. The number of thioether (sulfide) groups is 1. The van der Waals surface area contributed by atoms with Crippen molar-refractivity contribution in [2.24, 2.45) is 5.41 Å². The van der Waals surface area contributed by atoms with E-state index in [1.165, 1.54) is 36.3 Å². The van der Waals surface area contributed by atoms with Crippen LogP contribution in [0.4, 0.5) is 0 Å². The summed E-state index contributed by atoms with van der Waals surface area (Å²) in [5, 5.41) is 3.71. The van der Waals surface area contributed by atoms with Gasteiger partial charge in [-0.2, -0.15) is 0 Å². The van der Waals surface area contributed by atoms with E-state index in [0.29, 0.717) is 11.5 Å². The summed E-state index contributed by atoms with van der Waals surface area (Å²) in [6.45, 7) is 10.4. The Bertz CT molecular complexity index is 342. The molecule has 114 valence electrons. The first-order valence-electron chi connectivity index (χ1n) is 7.95. The second-order valence-corrected chi connectivity index (χ2v) is 7.70. The Labute approximate surface area is 129 Å². The van der Waals surface area contributed by atoms with Gasteiger partial charge in [0, 0.05) is 10.9 Å². The zero-order valence-corrected chi connectivity index (χ0v) is 14.4. The Hall–Kier alpha value is -0.470. The lowest BCUT2D eigenvalue weighted by Crippen LogP contribution is -2.40. The average molecular weight is 294 g/mol. The van der Waals surface area contributed by atoms with Crippen molar-refractivity contribution < 1.29 is 0 Å². The van der Waals surface area contributed by atoms with E-state index in [-0.39, 0.29) is 0 Å². The molecule has 1 rings (SSSR count). The quantitative estimate of drug-likeness (QED) is 0.485. The van der Waals surface area contributed by atoms with E-state index in [0.717, 1.165) is 6.54 Å². The summed E-state index contributed by atoms with van der Waals surface area (Å²) in [4.78, 5) is 1.39. The fraction of sp³-hybridized carbons (Fsp3) is 0.667. The third kappa shape index (κ3) is 7.35. The van der Waals surface area contributed by atoms with Crippen LogP contribution in [0, 0.1) is 5.41 Å². The fourth-order valence-corrected chi connectivity index (χ4v) is 3.25. The highest BCUT2D eigenvalue weighted by molar-refractivity contribution is 7.99. The molecule has 0 bridgehead atoms.